The molecule has 1 heterocycles. The van der Waals surface area contributed by atoms with Gasteiger partial charge in [-0.25, -0.2) is 4.79 Å². The maximum absolute atomic E-state index is 13.5. The lowest BCUT2D eigenvalue weighted by molar-refractivity contribution is -0.137. The zero-order valence-electron chi connectivity index (χ0n) is 19.7. The highest BCUT2D eigenvalue weighted by atomic mass is 19.4. The number of nitrogens with one attached hydrogen (secondary N) is 1. The molecule has 188 valence electrons. The number of carbonyl (C=O) groups is 1. The smallest absolute Gasteiger partial charge is 0.416 e. The molecule has 0 unspecified atom stereocenters. The van der Waals surface area contributed by atoms with E-state index in [-0.39, 0.29) is 24.3 Å². The highest BCUT2D eigenvalue weighted by Crippen LogP contribution is 2.35. The predicted octanol–water partition coefficient (Wildman–Crippen LogP) is 5.71. The van der Waals surface area contributed by atoms with Gasteiger partial charge in [-0.3, -0.25) is 0 Å². The molecule has 0 saturated carbocycles. The van der Waals surface area contributed by atoms with E-state index in [9.17, 15) is 23.1 Å². The third-order valence-corrected chi connectivity index (χ3v) is 5.96. The second-order valence-corrected chi connectivity index (χ2v) is 8.25. The Kier molecular flexibility index (Phi) is 7.21. The van der Waals surface area contributed by atoms with Crippen LogP contribution in [0.3, 0.4) is 0 Å². The standard InChI is InChI=1S/C27H25F3N2O4/c1-35-20-9-6-17(7-10-20)16-32-24-13-19(27(28,29)30)8-11-22(24)23(25(32)26(33)34)15-31-14-18-4-3-5-21(12-18)36-2/h3-13,31H,14-16H2,1-2H3,(H,33,34). The number of carboxylic acid groups (broad SMARTS) is 1. The minimum atomic E-state index is -4.56. The lowest BCUT2D eigenvalue weighted by atomic mass is 10.1. The van der Waals surface area contributed by atoms with Crippen LogP contribution in [-0.2, 0) is 25.8 Å². The van der Waals surface area contributed by atoms with E-state index < -0.39 is 17.7 Å². The normalized spacial score (nSPS) is 11.6. The van der Waals surface area contributed by atoms with Gasteiger partial charge in [-0.15, -0.1) is 0 Å². The molecule has 0 radical (unpaired) electrons. The SMILES string of the molecule is COc1ccc(Cn2c(C(=O)O)c(CNCc3cccc(OC)c3)c3ccc(C(F)(F)F)cc32)cc1. The largest absolute Gasteiger partial charge is 0.497 e. The second-order valence-electron chi connectivity index (χ2n) is 8.25. The molecule has 0 aliphatic heterocycles. The Morgan fingerprint density at radius 2 is 1.64 bits per heavy atom. The van der Waals surface area contributed by atoms with Crippen molar-refractivity contribution in [3.05, 3.63) is 94.7 Å². The summed E-state index contributed by atoms with van der Waals surface area (Å²) >= 11 is 0. The molecule has 4 aromatic rings. The van der Waals surface area contributed by atoms with Crippen molar-refractivity contribution >= 4 is 16.9 Å². The molecule has 0 spiro atoms. The van der Waals surface area contributed by atoms with Crippen molar-refractivity contribution in [2.45, 2.75) is 25.8 Å². The average molecular weight is 499 g/mol. The molecule has 0 atom stereocenters. The van der Waals surface area contributed by atoms with Crippen LogP contribution in [0.25, 0.3) is 10.9 Å². The Bertz CT molecular complexity index is 1380. The summed E-state index contributed by atoms with van der Waals surface area (Å²) in [6, 6.07) is 17.7. The highest BCUT2D eigenvalue weighted by molar-refractivity contribution is 5.98. The molecule has 0 bridgehead atoms. The first-order chi connectivity index (χ1) is 17.2. The summed E-state index contributed by atoms with van der Waals surface area (Å²) in [7, 11) is 3.10. The first-order valence-electron chi connectivity index (χ1n) is 11.1. The summed E-state index contributed by atoms with van der Waals surface area (Å²) in [6.07, 6.45) is -4.56. The van der Waals surface area contributed by atoms with Crippen molar-refractivity contribution in [2.75, 3.05) is 14.2 Å². The zero-order chi connectivity index (χ0) is 25.9. The first-order valence-corrected chi connectivity index (χ1v) is 11.1. The van der Waals surface area contributed by atoms with E-state index >= 15 is 0 Å². The van der Waals surface area contributed by atoms with Gasteiger partial charge in [0.15, 0.2) is 0 Å². The molecular formula is C27H25F3N2O4. The quantitative estimate of drug-likeness (QED) is 0.309. The Labute approximate surface area is 205 Å². The maximum atomic E-state index is 13.5. The predicted molar refractivity (Wildman–Crippen MR) is 130 cm³/mol. The number of fused-ring (bicyclic) bond motifs is 1. The monoisotopic (exact) mass is 498 g/mol. The molecule has 1 aromatic heterocycles. The van der Waals surface area contributed by atoms with Crippen molar-refractivity contribution in [1.29, 1.82) is 0 Å². The number of hydrogen-bond acceptors (Lipinski definition) is 4. The van der Waals surface area contributed by atoms with Gasteiger partial charge in [0.25, 0.3) is 0 Å². The molecule has 0 amide bonds. The van der Waals surface area contributed by atoms with E-state index in [1.165, 1.54) is 17.7 Å². The van der Waals surface area contributed by atoms with Crippen LogP contribution in [0.2, 0.25) is 0 Å². The van der Waals surface area contributed by atoms with Crippen LogP contribution >= 0.6 is 0 Å². The molecule has 0 aliphatic rings. The fourth-order valence-corrected chi connectivity index (χ4v) is 4.21. The van der Waals surface area contributed by atoms with Crippen molar-refractivity contribution in [2.24, 2.45) is 0 Å². The van der Waals surface area contributed by atoms with Gasteiger partial charge < -0.3 is 24.5 Å². The first kappa shape index (κ1) is 25.1. The van der Waals surface area contributed by atoms with Gasteiger partial charge in [0.1, 0.15) is 17.2 Å². The number of ether oxygens (including phenoxy) is 2. The molecule has 0 fully saturated rings. The molecule has 0 aliphatic carbocycles. The molecular weight excluding hydrogens is 473 g/mol. The minimum Gasteiger partial charge on any atom is -0.497 e. The van der Waals surface area contributed by atoms with Crippen LogP contribution in [0.15, 0.2) is 66.7 Å². The molecule has 36 heavy (non-hydrogen) atoms. The van der Waals surface area contributed by atoms with Crippen LogP contribution in [-0.4, -0.2) is 29.9 Å². The van der Waals surface area contributed by atoms with Gasteiger partial charge in [-0.1, -0.05) is 30.3 Å². The van der Waals surface area contributed by atoms with Gasteiger partial charge in [0, 0.05) is 36.1 Å². The number of carboxylic acids is 1. The van der Waals surface area contributed by atoms with Gasteiger partial charge in [0.2, 0.25) is 0 Å². The second kappa shape index (κ2) is 10.3. The third-order valence-electron chi connectivity index (χ3n) is 5.96. The van der Waals surface area contributed by atoms with Crippen molar-refractivity contribution in [3.63, 3.8) is 0 Å². The fraction of sp³-hybridized carbons (Fsp3) is 0.222. The number of nitrogens with zero attached hydrogens (tertiary/aromatic N) is 1. The van der Waals surface area contributed by atoms with E-state index in [1.54, 1.807) is 31.4 Å². The fourth-order valence-electron chi connectivity index (χ4n) is 4.21. The van der Waals surface area contributed by atoms with Crippen LogP contribution < -0.4 is 14.8 Å². The van der Waals surface area contributed by atoms with E-state index in [2.05, 4.69) is 5.32 Å². The Morgan fingerprint density at radius 1 is 0.917 bits per heavy atom. The Hall–Kier alpha value is -3.98. The molecule has 2 N–H and O–H groups in total. The van der Waals surface area contributed by atoms with Gasteiger partial charge >= 0.3 is 12.1 Å². The summed E-state index contributed by atoms with van der Waals surface area (Å²) in [5.41, 5.74) is 1.38. The third kappa shape index (κ3) is 5.31. The van der Waals surface area contributed by atoms with Crippen LogP contribution in [0.5, 0.6) is 11.5 Å². The van der Waals surface area contributed by atoms with Gasteiger partial charge in [-0.05, 0) is 47.5 Å². The van der Waals surface area contributed by atoms with Crippen molar-refractivity contribution in [3.8, 4) is 11.5 Å². The van der Waals surface area contributed by atoms with E-state index in [0.29, 0.717) is 29.0 Å². The topological polar surface area (TPSA) is 72.7 Å². The van der Waals surface area contributed by atoms with E-state index in [4.69, 9.17) is 9.47 Å². The van der Waals surface area contributed by atoms with Crippen LogP contribution in [0, 0.1) is 0 Å². The number of rotatable bonds is 9. The summed E-state index contributed by atoms with van der Waals surface area (Å²) in [5.74, 6) is 0.0964. The summed E-state index contributed by atoms with van der Waals surface area (Å²) in [5, 5.41) is 13.8. The number of benzene rings is 3. The molecule has 0 saturated heterocycles. The summed E-state index contributed by atoms with van der Waals surface area (Å²) < 4.78 is 52.4. The van der Waals surface area contributed by atoms with Crippen LogP contribution in [0.4, 0.5) is 13.2 Å². The average Bonchev–Trinajstić information content (AvgIpc) is 3.17. The number of aromatic nitrogens is 1. The summed E-state index contributed by atoms with van der Waals surface area (Å²) in [6.45, 7) is 0.650. The van der Waals surface area contributed by atoms with Gasteiger partial charge in [-0.2, -0.15) is 13.2 Å². The zero-order valence-corrected chi connectivity index (χ0v) is 19.7. The molecule has 3 aromatic carbocycles. The lowest BCUT2D eigenvalue weighted by Gasteiger charge is -2.12. The van der Waals surface area contributed by atoms with Crippen molar-refractivity contribution < 1.29 is 32.5 Å². The Balaban J connectivity index is 1.76. The number of hydrogen-bond donors (Lipinski definition) is 2. The maximum Gasteiger partial charge on any atom is 0.416 e. The van der Waals surface area contributed by atoms with Gasteiger partial charge in [0.05, 0.1) is 19.8 Å². The number of aromatic carboxylic acids is 1. The summed E-state index contributed by atoms with van der Waals surface area (Å²) in [4.78, 5) is 12.4. The Morgan fingerprint density at radius 3 is 2.28 bits per heavy atom. The number of halogens is 3. The molecule has 4 rings (SSSR count). The number of alkyl halides is 3. The highest BCUT2D eigenvalue weighted by Gasteiger charge is 2.32. The molecule has 6 nitrogen and oxygen atoms in total. The van der Waals surface area contributed by atoms with E-state index in [0.717, 1.165) is 23.3 Å². The minimum absolute atomic E-state index is 0.0571. The van der Waals surface area contributed by atoms with Crippen molar-refractivity contribution in [1.82, 2.24) is 9.88 Å². The van der Waals surface area contributed by atoms with E-state index in [1.807, 2.05) is 24.3 Å². The number of methoxy groups -OCH3 is 2. The molecule has 9 heteroatoms. The lowest BCUT2D eigenvalue weighted by Crippen LogP contribution is -2.17. The van der Waals surface area contributed by atoms with Crippen LogP contribution in [0.1, 0.15) is 32.7 Å².